The molecule has 2 N–H and O–H groups in total. The second-order valence-corrected chi connectivity index (χ2v) is 6.31. The number of hydrogen-bond donors (Lipinski definition) is 2. The average molecular weight is 397 g/mol. The predicted molar refractivity (Wildman–Crippen MR) is 107 cm³/mol. The van der Waals surface area contributed by atoms with Crippen molar-refractivity contribution >= 4 is 18.0 Å². The molecule has 0 radical (unpaired) electrons. The number of nitrogens with zero attached hydrogens (tertiary/aromatic N) is 1. The Balaban J connectivity index is 1.41. The van der Waals surface area contributed by atoms with Crippen LogP contribution in [-0.2, 0) is 4.79 Å². The Morgan fingerprint density at radius 1 is 1.14 bits per heavy atom. The third kappa shape index (κ3) is 5.97. The Hall–Kier alpha value is -3.55. The molecule has 8 heteroatoms. The van der Waals surface area contributed by atoms with Gasteiger partial charge < -0.3 is 19.5 Å². The summed E-state index contributed by atoms with van der Waals surface area (Å²) in [5, 5.41) is 6.43. The van der Waals surface area contributed by atoms with E-state index in [2.05, 4.69) is 22.8 Å². The van der Waals surface area contributed by atoms with Crippen molar-refractivity contribution in [1.29, 1.82) is 0 Å². The lowest BCUT2D eigenvalue weighted by molar-refractivity contribution is -0.120. The van der Waals surface area contributed by atoms with E-state index in [1.165, 1.54) is 6.21 Å². The summed E-state index contributed by atoms with van der Waals surface area (Å²) in [5.74, 6) is 1.24. The first-order valence-electron chi connectivity index (χ1n) is 9.38. The molecule has 29 heavy (non-hydrogen) atoms. The number of carbonyl (C=O) groups is 2. The zero-order valence-electron chi connectivity index (χ0n) is 16.1. The van der Waals surface area contributed by atoms with Crippen LogP contribution in [0.4, 0.5) is 0 Å². The van der Waals surface area contributed by atoms with Gasteiger partial charge in [0.15, 0.2) is 11.5 Å². The first kappa shape index (κ1) is 20.2. The van der Waals surface area contributed by atoms with Crippen LogP contribution in [0.3, 0.4) is 0 Å². The molecule has 2 aromatic carbocycles. The highest BCUT2D eigenvalue weighted by Gasteiger charge is 2.12. The van der Waals surface area contributed by atoms with Gasteiger partial charge in [-0.2, -0.15) is 5.10 Å². The molecule has 8 nitrogen and oxygen atoms in total. The lowest BCUT2D eigenvalue weighted by Gasteiger charge is -2.07. The molecule has 0 saturated carbocycles. The minimum absolute atomic E-state index is 0.188. The summed E-state index contributed by atoms with van der Waals surface area (Å²) in [6, 6.07) is 12.1. The van der Waals surface area contributed by atoms with Crippen LogP contribution in [-0.4, -0.2) is 38.0 Å². The Kier molecular flexibility index (Phi) is 7.05. The number of fused-ring (bicyclic) bond motifs is 1. The molecule has 0 unspecified atom stereocenters. The Bertz CT molecular complexity index is 880. The van der Waals surface area contributed by atoms with E-state index >= 15 is 0 Å². The smallest absolute Gasteiger partial charge is 0.259 e. The zero-order valence-corrected chi connectivity index (χ0v) is 16.1. The molecule has 2 aromatic rings. The van der Waals surface area contributed by atoms with Gasteiger partial charge in [-0.15, -0.1) is 0 Å². The van der Waals surface area contributed by atoms with Crippen molar-refractivity contribution in [2.45, 2.75) is 19.8 Å². The van der Waals surface area contributed by atoms with Gasteiger partial charge in [-0.3, -0.25) is 9.59 Å². The van der Waals surface area contributed by atoms with Gasteiger partial charge in [0.25, 0.3) is 11.8 Å². The quantitative estimate of drug-likeness (QED) is 0.385. The summed E-state index contributed by atoms with van der Waals surface area (Å²) in [6.45, 7) is 2.75. The van der Waals surface area contributed by atoms with Crippen molar-refractivity contribution in [1.82, 2.24) is 10.7 Å². The minimum Gasteiger partial charge on any atom is -0.494 e. The number of hydrogen-bond acceptors (Lipinski definition) is 6. The van der Waals surface area contributed by atoms with Gasteiger partial charge in [0.1, 0.15) is 5.75 Å². The van der Waals surface area contributed by atoms with Crippen molar-refractivity contribution in [3.05, 3.63) is 53.6 Å². The first-order valence-corrected chi connectivity index (χ1v) is 9.38. The fourth-order valence-corrected chi connectivity index (χ4v) is 2.51. The molecule has 0 spiro atoms. The molecule has 1 aliphatic rings. The predicted octanol–water partition coefficient (Wildman–Crippen LogP) is 2.47. The number of hydrazone groups is 1. The van der Waals surface area contributed by atoms with Gasteiger partial charge >= 0.3 is 0 Å². The van der Waals surface area contributed by atoms with E-state index < -0.39 is 5.91 Å². The number of unbranched alkanes of at least 4 members (excludes halogenated alkanes) is 1. The fourth-order valence-electron chi connectivity index (χ4n) is 2.51. The van der Waals surface area contributed by atoms with Crippen LogP contribution in [0, 0.1) is 0 Å². The van der Waals surface area contributed by atoms with Gasteiger partial charge in [0.2, 0.25) is 6.79 Å². The van der Waals surface area contributed by atoms with E-state index in [0.717, 1.165) is 18.4 Å². The van der Waals surface area contributed by atoms with Crippen LogP contribution < -0.4 is 25.0 Å². The number of rotatable bonds is 9. The van der Waals surface area contributed by atoms with Crippen LogP contribution in [0.2, 0.25) is 0 Å². The highest BCUT2D eigenvalue weighted by molar-refractivity contribution is 5.96. The van der Waals surface area contributed by atoms with Crippen molar-refractivity contribution in [2.75, 3.05) is 19.9 Å². The van der Waals surface area contributed by atoms with Crippen molar-refractivity contribution in [3.8, 4) is 17.2 Å². The van der Waals surface area contributed by atoms with E-state index in [0.29, 0.717) is 29.4 Å². The molecule has 0 saturated heterocycles. The fraction of sp³-hybridized carbons (Fsp3) is 0.286. The molecule has 0 atom stereocenters. The zero-order chi connectivity index (χ0) is 20.5. The topological polar surface area (TPSA) is 98.2 Å². The van der Waals surface area contributed by atoms with E-state index in [-0.39, 0.29) is 19.2 Å². The molecule has 1 heterocycles. The van der Waals surface area contributed by atoms with Gasteiger partial charge in [-0.25, -0.2) is 5.43 Å². The summed E-state index contributed by atoms with van der Waals surface area (Å²) in [7, 11) is 0. The maximum atomic E-state index is 12.1. The van der Waals surface area contributed by atoms with Gasteiger partial charge in [0, 0.05) is 5.56 Å². The summed E-state index contributed by atoms with van der Waals surface area (Å²) in [4.78, 5) is 24.0. The molecule has 152 valence electrons. The minimum atomic E-state index is -0.435. The van der Waals surface area contributed by atoms with Crippen LogP contribution in [0.25, 0.3) is 0 Å². The maximum Gasteiger partial charge on any atom is 0.259 e. The number of nitrogens with one attached hydrogen (secondary N) is 2. The molecular weight excluding hydrogens is 374 g/mol. The van der Waals surface area contributed by atoms with E-state index in [1.807, 2.05) is 0 Å². The molecule has 0 fully saturated rings. The Morgan fingerprint density at radius 2 is 1.93 bits per heavy atom. The third-order valence-corrected chi connectivity index (χ3v) is 4.09. The monoisotopic (exact) mass is 397 g/mol. The molecule has 1 aliphatic heterocycles. The summed E-state index contributed by atoms with van der Waals surface area (Å²) in [6.07, 6.45) is 3.52. The molecule has 2 amide bonds. The maximum absolute atomic E-state index is 12.1. The molecular formula is C21H23N3O5. The number of amides is 2. The summed E-state index contributed by atoms with van der Waals surface area (Å²) in [5.41, 5.74) is 3.57. The van der Waals surface area contributed by atoms with Crippen molar-refractivity contribution in [3.63, 3.8) is 0 Å². The summed E-state index contributed by atoms with van der Waals surface area (Å²) < 4.78 is 16.1. The largest absolute Gasteiger partial charge is 0.494 e. The lowest BCUT2D eigenvalue weighted by atomic mass is 10.2. The van der Waals surface area contributed by atoms with E-state index in [4.69, 9.17) is 14.2 Å². The molecule has 0 aliphatic carbocycles. The second-order valence-electron chi connectivity index (χ2n) is 6.31. The Labute approximate surface area is 168 Å². The summed E-state index contributed by atoms with van der Waals surface area (Å²) >= 11 is 0. The van der Waals surface area contributed by atoms with Gasteiger partial charge in [-0.1, -0.05) is 13.3 Å². The van der Waals surface area contributed by atoms with E-state index in [1.54, 1.807) is 42.5 Å². The van der Waals surface area contributed by atoms with Crippen LogP contribution in [0.1, 0.15) is 35.7 Å². The SMILES string of the molecule is CCCCOc1ccc(C(=O)NCC(=O)NN=Cc2ccc3c(c2)OCO3)cc1. The molecule has 0 aromatic heterocycles. The van der Waals surface area contributed by atoms with E-state index in [9.17, 15) is 9.59 Å². The van der Waals surface area contributed by atoms with Crippen LogP contribution >= 0.6 is 0 Å². The third-order valence-electron chi connectivity index (χ3n) is 4.09. The normalized spacial score (nSPS) is 12.0. The number of carbonyl (C=O) groups excluding carboxylic acids is 2. The number of ether oxygens (including phenoxy) is 3. The highest BCUT2D eigenvalue weighted by atomic mass is 16.7. The number of benzene rings is 2. The molecule has 3 rings (SSSR count). The first-order chi connectivity index (χ1) is 14.2. The van der Waals surface area contributed by atoms with Gasteiger partial charge in [-0.05, 0) is 54.4 Å². The average Bonchev–Trinajstić information content (AvgIpc) is 3.20. The van der Waals surface area contributed by atoms with Crippen LogP contribution in [0.5, 0.6) is 17.2 Å². The Morgan fingerprint density at radius 3 is 2.72 bits per heavy atom. The molecule has 0 bridgehead atoms. The van der Waals surface area contributed by atoms with Crippen LogP contribution in [0.15, 0.2) is 47.6 Å². The van der Waals surface area contributed by atoms with Crippen molar-refractivity contribution < 1.29 is 23.8 Å². The lowest BCUT2D eigenvalue weighted by Crippen LogP contribution is -2.34. The highest BCUT2D eigenvalue weighted by Crippen LogP contribution is 2.31. The van der Waals surface area contributed by atoms with Gasteiger partial charge in [0.05, 0.1) is 19.4 Å². The standard InChI is InChI=1S/C21H23N3O5/c1-2-3-10-27-17-7-5-16(6-8-17)21(26)22-13-20(25)24-23-12-15-4-9-18-19(11-15)29-14-28-18/h4-9,11-12H,2-3,10,13-14H2,1H3,(H,22,26)(H,24,25). The van der Waals surface area contributed by atoms with Crippen molar-refractivity contribution in [2.24, 2.45) is 5.10 Å². The second kappa shape index (κ2) is 10.1.